The Labute approximate surface area is 138 Å². The molecule has 1 aromatic carbocycles. The number of anilines is 1. The van der Waals surface area contributed by atoms with Gasteiger partial charge in [0.2, 0.25) is 5.91 Å². The number of amides is 1. The molecule has 0 saturated carbocycles. The molecule has 1 N–H and O–H groups in total. The minimum absolute atomic E-state index is 0.0486. The normalized spacial score (nSPS) is 11.9. The Bertz CT molecular complexity index is 757. The van der Waals surface area contributed by atoms with Crippen molar-refractivity contribution in [3.63, 3.8) is 0 Å². The van der Waals surface area contributed by atoms with E-state index in [2.05, 4.69) is 15.4 Å². The van der Waals surface area contributed by atoms with Crippen molar-refractivity contribution in [2.45, 2.75) is 17.1 Å². The maximum Gasteiger partial charge on any atom is 0.237 e. The zero-order valence-electron chi connectivity index (χ0n) is 12.6. The molecule has 116 valence electrons. The molecule has 5 nitrogen and oxygen atoms in total. The van der Waals surface area contributed by atoms with Gasteiger partial charge in [0.25, 0.3) is 0 Å². The van der Waals surface area contributed by atoms with Gasteiger partial charge in [-0.25, -0.2) is 9.67 Å². The molecule has 0 aliphatic rings. The van der Waals surface area contributed by atoms with E-state index in [1.807, 2.05) is 61.7 Å². The van der Waals surface area contributed by atoms with E-state index < -0.39 is 0 Å². The third kappa shape index (κ3) is 3.98. The van der Waals surface area contributed by atoms with Crippen LogP contribution in [0.5, 0.6) is 0 Å². The molecule has 1 amide bonds. The van der Waals surface area contributed by atoms with Crippen molar-refractivity contribution in [2.75, 3.05) is 5.32 Å². The molecule has 2 heterocycles. The largest absolute Gasteiger partial charge is 0.324 e. The fourth-order valence-electron chi connectivity index (χ4n) is 2.00. The van der Waals surface area contributed by atoms with Gasteiger partial charge in [0.05, 0.1) is 17.1 Å². The van der Waals surface area contributed by atoms with Crippen molar-refractivity contribution in [1.29, 1.82) is 0 Å². The summed E-state index contributed by atoms with van der Waals surface area (Å²) in [6.07, 6.45) is 5.15. The number of carbonyl (C=O) groups is 1. The first-order valence-electron chi connectivity index (χ1n) is 7.21. The summed E-state index contributed by atoms with van der Waals surface area (Å²) in [5.74, 6) is 0.659. The Hall–Kier alpha value is -2.60. The summed E-state index contributed by atoms with van der Waals surface area (Å²) in [5, 5.41) is 6.81. The molecular weight excluding hydrogens is 308 g/mol. The van der Waals surface area contributed by atoms with E-state index in [0.29, 0.717) is 11.5 Å². The average Bonchev–Trinajstić information content (AvgIpc) is 3.11. The van der Waals surface area contributed by atoms with Crippen LogP contribution in [-0.4, -0.2) is 25.9 Å². The molecule has 0 bridgehead atoms. The van der Waals surface area contributed by atoms with Gasteiger partial charge >= 0.3 is 0 Å². The molecule has 0 radical (unpaired) electrons. The van der Waals surface area contributed by atoms with Gasteiger partial charge in [0.1, 0.15) is 0 Å². The summed E-state index contributed by atoms with van der Waals surface area (Å²) >= 11 is 1.53. The number of hydrogen-bond acceptors (Lipinski definition) is 4. The van der Waals surface area contributed by atoms with Crippen LogP contribution in [0.2, 0.25) is 0 Å². The molecule has 0 aliphatic carbocycles. The van der Waals surface area contributed by atoms with Crippen LogP contribution in [0.1, 0.15) is 6.92 Å². The van der Waals surface area contributed by atoms with Crippen LogP contribution in [-0.2, 0) is 4.79 Å². The maximum atomic E-state index is 12.3. The fraction of sp³-hybridized carbons (Fsp3) is 0.118. The van der Waals surface area contributed by atoms with Crippen LogP contribution in [0, 0.1) is 0 Å². The third-order valence-electron chi connectivity index (χ3n) is 3.18. The van der Waals surface area contributed by atoms with Crippen LogP contribution in [0.25, 0.3) is 5.82 Å². The van der Waals surface area contributed by atoms with Crippen molar-refractivity contribution >= 4 is 23.4 Å². The second-order valence-corrected chi connectivity index (χ2v) is 6.33. The van der Waals surface area contributed by atoms with Gasteiger partial charge in [0.15, 0.2) is 5.82 Å². The van der Waals surface area contributed by atoms with Gasteiger partial charge in [-0.1, -0.05) is 18.2 Å². The smallest absolute Gasteiger partial charge is 0.237 e. The molecule has 0 spiro atoms. The third-order valence-corrected chi connectivity index (χ3v) is 4.29. The van der Waals surface area contributed by atoms with Crippen LogP contribution < -0.4 is 5.32 Å². The van der Waals surface area contributed by atoms with Crippen LogP contribution >= 0.6 is 11.8 Å². The number of benzene rings is 1. The van der Waals surface area contributed by atoms with Gasteiger partial charge in [-0.05, 0) is 37.3 Å². The van der Waals surface area contributed by atoms with Gasteiger partial charge in [-0.2, -0.15) is 5.10 Å². The van der Waals surface area contributed by atoms with E-state index in [1.165, 1.54) is 11.8 Å². The lowest BCUT2D eigenvalue weighted by Gasteiger charge is -2.12. The molecule has 0 saturated heterocycles. The summed E-state index contributed by atoms with van der Waals surface area (Å²) in [6.45, 7) is 1.89. The Morgan fingerprint density at radius 1 is 1.17 bits per heavy atom. The average molecular weight is 324 g/mol. The SMILES string of the molecule is CC(Sc1ccccc1)C(=O)Nc1ccc(-n2cccn2)nc1. The Kier molecular flexibility index (Phi) is 4.73. The Morgan fingerprint density at radius 3 is 2.65 bits per heavy atom. The highest BCUT2D eigenvalue weighted by molar-refractivity contribution is 8.00. The van der Waals surface area contributed by atoms with E-state index in [-0.39, 0.29) is 11.2 Å². The molecule has 0 fully saturated rings. The van der Waals surface area contributed by atoms with Crippen molar-refractivity contribution in [2.24, 2.45) is 0 Å². The standard InChI is InChI=1S/C17H16N4OS/c1-13(23-15-6-3-2-4-7-15)17(22)20-14-8-9-16(18-12-14)21-11-5-10-19-21/h2-13H,1H3,(H,20,22). The summed E-state index contributed by atoms with van der Waals surface area (Å²) in [5.41, 5.74) is 0.673. The highest BCUT2D eigenvalue weighted by Crippen LogP contribution is 2.23. The van der Waals surface area contributed by atoms with Crippen LogP contribution in [0.4, 0.5) is 5.69 Å². The first-order chi connectivity index (χ1) is 11.2. The molecule has 3 rings (SSSR count). The van der Waals surface area contributed by atoms with Gasteiger partial charge < -0.3 is 5.32 Å². The van der Waals surface area contributed by atoms with E-state index in [1.54, 1.807) is 17.1 Å². The predicted octanol–water partition coefficient (Wildman–Crippen LogP) is 3.39. The summed E-state index contributed by atoms with van der Waals surface area (Å²) in [7, 11) is 0. The maximum absolute atomic E-state index is 12.3. The number of nitrogens with one attached hydrogen (secondary N) is 1. The van der Waals surface area contributed by atoms with E-state index in [0.717, 1.165) is 4.90 Å². The summed E-state index contributed by atoms with van der Waals surface area (Å²) in [4.78, 5) is 17.6. The molecule has 0 aliphatic heterocycles. The Balaban J connectivity index is 1.61. The van der Waals surface area contributed by atoms with Crippen molar-refractivity contribution < 1.29 is 4.79 Å². The number of aromatic nitrogens is 3. The van der Waals surface area contributed by atoms with Crippen LogP contribution in [0.15, 0.2) is 72.0 Å². The molecule has 2 aromatic heterocycles. The quantitative estimate of drug-likeness (QED) is 0.731. The van der Waals surface area contributed by atoms with E-state index >= 15 is 0 Å². The molecular formula is C17H16N4OS. The molecule has 3 aromatic rings. The monoisotopic (exact) mass is 324 g/mol. The molecule has 23 heavy (non-hydrogen) atoms. The van der Waals surface area contributed by atoms with Gasteiger partial charge in [-0.3, -0.25) is 4.79 Å². The lowest BCUT2D eigenvalue weighted by atomic mass is 10.3. The highest BCUT2D eigenvalue weighted by atomic mass is 32.2. The number of carbonyl (C=O) groups excluding carboxylic acids is 1. The zero-order valence-corrected chi connectivity index (χ0v) is 13.4. The minimum atomic E-state index is -0.191. The Morgan fingerprint density at radius 2 is 2.00 bits per heavy atom. The van der Waals surface area contributed by atoms with Gasteiger partial charge in [-0.15, -0.1) is 11.8 Å². The van der Waals surface area contributed by atoms with E-state index in [9.17, 15) is 4.79 Å². The first-order valence-corrected chi connectivity index (χ1v) is 8.09. The second-order valence-electron chi connectivity index (χ2n) is 4.92. The predicted molar refractivity (Wildman–Crippen MR) is 91.7 cm³/mol. The summed E-state index contributed by atoms with van der Waals surface area (Å²) in [6, 6.07) is 15.3. The number of hydrogen-bond donors (Lipinski definition) is 1. The topological polar surface area (TPSA) is 59.8 Å². The minimum Gasteiger partial charge on any atom is -0.324 e. The molecule has 1 atom stereocenters. The van der Waals surface area contributed by atoms with Crippen molar-refractivity contribution in [3.05, 3.63) is 67.1 Å². The fourth-order valence-corrected chi connectivity index (χ4v) is 2.89. The molecule has 1 unspecified atom stereocenters. The number of nitrogens with zero attached hydrogens (tertiary/aromatic N) is 3. The number of thioether (sulfide) groups is 1. The van der Waals surface area contributed by atoms with Crippen molar-refractivity contribution in [1.82, 2.24) is 14.8 Å². The zero-order chi connectivity index (χ0) is 16.1. The second kappa shape index (κ2) is 7.11. The summed E-state index contributed by atoms with van der Waals surface area (Å²) < 4.78 is 1.67. The number of rotatable bonds is 5. The van der Waals surface area contributed by atoms with Crippen molar-refractivity contribution in [3.8, 4) is 5.82 Å². The molecule has 6 heteroatoms. The van der Waals surface area contributed by atoms with Gasteiger partial charge in [0, 0.05) is 17.3 Å². The van der Waals surface area contributed by atoms with Crippen LogP contribution in [0.3, 0.4) is 0 Å². The first kappa shape index (κ1) is 15.3. The lowest BCUT2D eigenvalue weighted by Crippen LogP contribution is -2.22. The highest BCUT2D eigenvalue weighted by Gasteiger charge is 2.14. The number of pyridine rings is 1. The van der Waals surface area contributed by atoms with E-state index in [4.69, 9.17) is 0 Å². The lowest BCUT2D eigenvalue weighted by molar-refractivity contribution is -0.115.